The van der Waals surface area contributed by atoms with Crippen molar-refractivity contribution in [2.75, 3.05) is 37.3 Å². The maximum Gasteiger partial charge on any atom is 0.337 e. The van der Waals surface area contributed by atoms with Crippen LogP contribution in [0.1, 0.15) is 134 Å². The summed E-state index contributed by atoms with van der Waals surface area (Å²) in [6.07, 6.45) is 10.4. The molecule has 374 valence electrons. The number of nitrogen functional groups attached to an aromatic ring is 1. The van der Waals surface area contributed by atoms with Crippen LogP contribution in [0.3, 0.4) is 0 Å². The van der Waals surface area contributed by atoms with E-state index in [1.807, 2.05) is 32.2 Å². The van der Waals surface area contributed by atoms with Gasteiger partial charge < -0.3 is 55.8 Å². The van der Waals surface area contributed by atoms with Crippen molar-refractivity contribution < 1.29 is 44.2 Å². The molecule has 0 amide bonds. The minimum absolute atomic E-state index is 0.0107. The van der Waals surface area contributed by atoms with Crippen LogP contribution in [0.2, 0.25) is 0 Å². The van der Waals surface area contributed by atoms with Gasteiger partial charge >= 0.3 is 5.97 Å². The van der Waals surface area contributed by atoms with Crippen molar-refractivity contribution in [2.24, 2.45) is 17.3 Å². The molecule has 8 atom stereocenters. The fraction of sp³-hybridized carbons (Fsp3) is 0.500. The van der Waals surface area contributed by atoms with Crippen LogP contribution in [0.5, 0.6) is 17.2 Å². The standard InChI is InChI=1S/C56H65N5O10/c1-4-40(56(68)14-13-55(28-56)15-18-58-19-16-55)53(67)70-43-24-38-49(66)47-42(65)23-33(26-62)69-51(47)48-45-36-12-17-60-52(57)46(36)35(11-7-29-6-9-32(64)22-37(29)39(45)27-63)34-10-8-30-21-44(59-5-2)61-25-31(30)20-41(34)54(43,3)71-50(38)48/h4,6,9,12,17,21-23,25,34-35,39,41,43,45,58,62-64,66,68H,5,7-8,10-11,13-16,18-20,24,26-28H2,1-3H3,(H2,57,60)(H,59,61). The van der Waals surface area contributed by atoms with E-state index in [1.165, 1.54) is 0 Å². The Bertz CT molecular complexity index is 3040. The van der Waals surface area contributed by atoms with E-state index < -0.39 is 65.4 Å². The van der Waals surface area contributed by atoms with Crippen molar-refractivity contribution in [1.82, 2.24) is 15.3 Å². The van der Waals surface area contributed by atoms with Gasteiger partial charge in [-0.25, -0.2) is 14.8 Å². The molecule has 3 aromatic heterocycles. The molecular formula is C56H65N5O10. The number of anilines is 2. The molecule has 71 heavy (non-hydrogen) atoms. The molecule has 1 saturated carbocycles. The molecule has 1 spiro atoms. The van der Waals surface area contributed by atoms with Crippen LogP contribution >= 0.6 is 0 Å². The van der Waals surface area contributed by atoms with Gasteiger partial charge in [-0.2, -0.15) is 0 Å². The van der Waals surface area contributed by atoms with Crippen molar-refractivity contribution in [1.29, 1.82) is 0 Å². The van der Waals surface area contributed by atoms with Gasteiger partial charge in [-0.05, 0) is 167 Å². The lowest BCUT2D eigenvalue weighted by Gasteiger charge is -2.51. The van der Waals surface area contributed by atoms with Gasteiger partial charge in [-0.1, -0.05) is 12.1 Å². The Balaban J connectivity index is 1.19. The number of aryl methyl sites for hydroxylation is 2. The van der Waals surface area contributed by atoms with Crippen molar-refractivity contribution in [3.8, 4) is 17.2 Å². The summed E-state index contributed by atoms with van der Waals surface area (Å²) in [4.78, 5) is 39.3. The van der Waals surface area contributed by atoms with Crippen molar-refractivity contribution in [2.45, 2.75) is 133 Å². The maximum atomic E-state index is 15.2. The number of hydrogen-bond acceptors (Lipinski definition) is 15. The van der Waals surface area contributed by atoms with Crippen LogP contribution in [-0.4, -0.2) is 85.0 Å². The summed E-state index contributed by atoms with van der Waals surface area (Å²) < 4.78 is 21.2. The molecular weight excluding hydrogens is 903 g/mol. The Kier molecular flexibility index (Phi) is 12.0. The molecule has 8 unspecified atom stereocenters. The third-order valence-electron chi connectivity index (χ3n) is 17.8. The highest BCUT2D eigenvalue weighted by atomic mass is 16.6. The van der Waals surface area contributed by atoms with Crippen LogP contribution in [0, 0.1) is 17.3 Å². The zero-order chi connectivity index (χ0) is 49.6. The van der Waals surface area contributed by atoms with E-state index in [-0.39, 0.29) is 63.0 Å². The predicted molar refractivity (Wildman–Crippen MR) is 267 cm³/mol. The molecule has 9 N–H and O–H groups in total. The number of carbonyl (C=O) groups excluding carboxylic acids is 1. The number of aliphatic hydroxyl groups is 3. The second-order valence-electron chi connectivity index (χ2n) is 21.4. The number of aromatic nitrogens is 2. The summed E-state index contributed by atoms with van der Waals surface area (Å²) in [5.74, 6) is -2.53. The minimum Gasteiger partial charge on any atom is -0.508 e. The number of allylic oxidation sites excluding steroid dienone is 1. The normalized spacial score (nSPS) is 28.5. The molecule has 1 saturated heterocycles. The molecule has 2 aromatic carbocycles. The van der Waals surface area contributed by atoms with Gasteiger partial charge in [0.2, 0.25) is 0 Å². The summed E-state index contributed by atoms with van der Waals surface area (Å²) >= 11 is 0. The monoisotopic (exact) mass is 967 g/mol. The van der Waals surface area contributed by atoms with Crippen molar-refractivity contribution in [3.05, 3.63) is 121 Å². The number of hydrogen-bond donors (Lipinski definition) is 8. The minimum atomic E-state index is -1.42. The van der Waals surface area contributed by atoms with E-state index in [2.05, 4.69) is 16.7 Å². The lowest BCUT2D eigenvalue weighted by Crippen LogP contribution is -2.59. The molecule has 5 aromatic rings. The number of esters is 1. The molecule has 4 bridgehead atoms. The summed E-state index contributed by atoms with van der Waals surface area (Å²) in [7, 11) is 0. The molecule has 0 radical (unpaired) electrons. The number of phenolic OH excluding ortho intramolecular Hbond substituents is 2. The van der Waals surface area contributed by atoms with Crippen LogP contribution in [0.25, 0.3) is 11.0 Å². The summed E-state index contributed by atoms with van der Waals surface area (Å²) in [5, 5.41) is 65.4. The van der Waals surface area contributed by atoms with Crippen molar-refractivity contribution in [3.63, 3.8) is 0 Å². The van der Waals surface area contributed by atoms with Gasteiger partial charge in [0.15, 0.2) is 5.43 Å². The Morgan fingerprint density at radius 1 is 0.986 bits per heavy atom. The number of rotatable bonds is 7. The van der Waals surface area contributed by atoms with E-state index in [0.29, 0.717) is 68.4 Å². The van der Waals surface area contributed by atoms with Gasteiger partial charge in [-0.15, -0.1) is 0 Å². The summed E-state index contributed by atoms with van der Waals surface area (Å²) in [5.41, 5.74) is 9.61. The van der Waals surface area contributed by atoms with Gasteiger partial charge in [-0.3, -0.25) is 4.79 Å². The van der Waals surface area contributed by atoms with Crippen LogP contribution in [0.15, 0.2) is 69.7 Å². The van der Waals surface area contributed by atoms with Gasteiger partial charge in [0.05, 0.1) is 17.8 Å². The average molecular weight is 968 g/mol. The number of aliphatic hydroxyl groups excluding tert-OH is 2. The first-order chi connectivity index (χ1) is 34.2. The second-order valence-corrected chi connectivity index (χ2v) is 21.4. The van der Waals surface area contributed by atoms with Gasteiger partial charge in [0.1, 0.15) is 63.9 Å². The summed E-state index contributed by atoms with van der Waals surface area (Å²) in [6.45, 7) is 7.11. The first-order valence-corrected chi connectivity index (χ1v) is 25.6. The molecule has 15 heteroatoms. The molecule has 6 aliphatic rings. The molecule has 3 aliphatic carbocycles. The first-order valence-electron chi connectivity index (χ1n) is 25.6. The number of phenols is 2. The molecule has 3 aliphatic heterocycles. The fourth-order valence-corrected chi connectivity index (χ4v) is 14.4. The lowest BCUT2D eigenvalue weighted by atomic mass is 9.62. The fourth-order valence-electron chi connectivity index (χ4n) is 14.4. The van der Waals surface area contributed by atoms with E-state index in [0.717, 1.165) is 72.1 Å². The number of carbonyl (C=O) groups is 1. The summed E-state index contributed by atoms with van der Waals surface area (Å²) in [6, 6.07) is 10.4. The smallest absolute Gasteiger partial charge is 0.337 e. The topological polar surface area (TPSA) is 243 Å². The number of nitrogens with two attached hydrogens (primary N) is 1. The second kappa shape index (κ2) is 17.9. The average Bonchev–Trinajstić information content (AvgIpc) is 3.57. The Morgan fingerprint density at radius 3 is 2.55 bits per heavy atom. The van der Waals surface area contributed by atoms with E-state index in [1.54, 1.807) is 31.3 Å². The number of ether oxygens (including phenoxy) is 2. The quantitative estimate of drug-likeness (QED) is 0.0625. The van der Waals surface area contributed by atoms with Crippen molar-refractivity contribution >= 4 is 28.6 Å². The Morgan fingerprint density at radius 2 is 1.79 bits per heavy atom. The molecule has 2 fully saturated rings. The number of pyridine rings is 2. The lowest BCUT2D eigenvalue weighted by molar-refractivity contribution is -0.171. The number of nitrogens with zero attached hydrogens (tertiary/aromatic N) is 2. The zero-order valence-corrected chi connectivity index (χ0v) is 40.7. The maximum absolute atomic E-state index is 15.2. The highest BCUT2D eigenvalue weighted by Gasteiger charge is 2.58. The molecule has 15 nitrogen and oxygen atoms in total. The predicted octanol–water partition coefficient (Wildman–Crippen LogP) is 6.71. The number of piperidine rings is 1. The highest BCUT2D eigenvalue weighted by molar-refractivity contribution is 5.93. The van der Waals surface area contributed by atoms with E-state index in [9.17, 15) is 30.3 Å². The largest absolute Gasteiger partial charge is 0.508 e. The third kappa shape index (κ3) is 7.68. The van der Waals surface area contributed by atoms with E-state index in [4.69, 9.17) is 29.6 Å². The number of nitrogens with one attached hydrogen (secondary N) is 2. The van der Waals surface area contributed by atoms with Gasteiger partial charge in [0.25, 0.3) is 0 Å². The first kappa shape index (κ1) is 47.3. The zero-order valence-electron chi connectivity index (χ0n) is 40.7. The molecule has 11 rings (SSSR count). The SMILES string of the molecule is CC=C(C(=O)OC1Cc2c3c(c4oc(CO)cc(=O)c4c2O)C2c4ccnc(N)c4C(CCc4ccc(O)cc4C2CO)C2CCc4cc(NCC)ncc4CC2C1(C)O3)C1(O)CCC2(CCNCC2)C1. The van der Waals surface area contributed by atoms with Crippen LogP contribution < -0.4 is 26.5 Å². The number of benzene rings is 2. The van der Waals surface area contributed by atoms with Gasteiger partial charge in [0, 0.05) is 65.9 Å². The Hall–Kier alpha value is -6.00. The van der Waals surface area contributed by atoms with Crippen LogP contribution in [0.4, 0.5) is 11.6 Å². The third-order valence-corrected chi connectivity index (χ3v) is 17.8. The molecule has 6 heterocycles. The Labute approximate surface area is 412 Å². The van der Waals surface area contributed by atoms with Crippen LogP contribution in [-0.2, 0) is 41.8 Å². The highest BCUT2D eigenvalue weighted by Crippen LogP contribution is 2.61. The van der Waals surface area contributed by atoms with E-state index >= 15 is 4.79 Å². The number of fused-ring (bicyclic) bond motifs is 9. The number of aromatic hydroxyl groups is 2.